The summed E-state index contributed by atoms with van der Waals surface area (Å²) in [7, 11) is -3.41. The maximum atomic E-state index is 12.9. The van der Waals surface area contributed by atoms with Crippen LogP contribution in [0.25, 0.3) is 22.0 Å². The number of aromatic amines is 1. The lowest BCUT2D eigenvalue weighted by Gasteiger charge is -2.30. The Morgan fingerprint density at radius 2 is 1.94 bits per heavy atom. The lowest BCUT2D eigenvalue weighted by atomic mass is 10.0. The molecule has 0 spiro atoms. The largest absolute Gasteiger partial charge is 0.319 e. The monoisotopic (exact) mass is 462 g/mol. The van der Waals surface area contributed by atoms with E-state index < -0.39 is 15.7 Å². The predicted octanol–water partition coefficient (Wildman–Crippen LogP) is 2.88. The first-order chi connectivity index (χ1) is 15.9. The van der Waals surface area contributed by atoms with Crippen molar-refractivity contribution in [3.8, 4) is 11.1 Å². The lowest BCUT2D eigenvalue weighted by Crippen LogP contribution is -2.36. The smallest absolute Gasteiger partial charge is 0.276 e. The third-order valence-electron chi connectivity index (χ3n) is 5.64. The summed E-state index contributed by atoms with van der Waals surface area (Å²) < 4.78 is 23.1. The van der Waals surface area contributed by atoms with E-state index in [9.17, 15) is 13.2 Å². The fraction of sp³-hybridized carbons (Fsp3) is 0.217. The van der Waals surface area contributed by atoms with Gasteiger partial charge in [-0.25, -0.2) is 13.4 Å². The van der Waals surface area contributed by atoms with E-state index in [1.165, 1.54) is 24.8 Å². The Balaban J connectivity index is 1.40. The first kappa shape index (κ1) is 21.2. The molecular weight excluding hydrogens is 440 g/mol. The first-order valence-electron chi connectivity index (χ1n) is 10.5. The summed E-state index contributed by atoms with van der Waals surface area (Å²) in [5.41, 5.74) is 4.42. The van der Waals surface area contributed by atoms with Gasteiger partial charge in [0.05, 0.1) is 17.4 Å². The number of H-pyrrole nitrogens is 1. The SMILES string of the molecule is CS(=O)(=O)c1ccc(NC(=O)c2n[nH]c3ccc(-c4cncc(CN5CCC5)c4)cc23)cn1. The molecule has 0 atom stereocenters. The number of nitrogens with zero attached hydrogens (tertiary/aromatic N) is 4. The minimum atomic E-state index is -3.41. The second-order valence-corrected chi connectivity index (χ2v) is 10.1. The number of carbonyl (C=O) groups is 1. The maximum absolute atomic E-state index is 12.9. The third-order valence-corrected chi connectivity index (χ3v) is 6.64. The third kappa shape index (κ3) is 4.48. The second-order valence-electron chi connectivity index (χ2n) is 8.16. The first-order valence-corrected chi connectivity index (χ1v) is 12.4. The van der Waals surface area contributed by atoms with Gasteiger partial charge in [-0.15, -0.1) is 0 Å². The fourth-order valence-electron chi connectivity index (χ4n) is 3.76. The second kappa shape index (κ2) is 8.38. The summed E-state index contributed by atoms with van der Waals surface area (Å²) in [5, 5.41) is 10.4. The molecule has 1 amide bonds. The van der Waals surface area contributed by atoms with Crippen molar-refractivity contribution in [2.24, 2.45) is 0 Å². The van der Waals surface area contributed by atoms with E-state index >= 15 is 0 Å². The van der Waals surface area contributed by atoms with Crippen LogP contribution in [0.2, 0.25) is 0 Å². The molecule has 33 heavy (non-hydrogen) atoms. The van der Waals surface area contributed by atoms with Gasteiger partial charge in [0.1, 0.15) is 0 Å². The van der Waals surface area contributed by atoms with Crippen LogP contribution in [0.5, 0.6) is 0 Å². The number of aromatic nitrogens is 4. The van der Waals surface area contributed by atoms with E-state index in [2.05, 4.69) is 36.4 Å². The van der Waals surface area contributed by atoms with Gasteiger partial charge in [-0.05, 0) is 61.0 Å². The van der Waals surface area contributed by atoms with Crippen molar-refractivity contribution in [2.75, 3.05) is 24.7 Å². The van der Waals surface area contributed by atoms with E-state index in [1.54, 1.807) is 0 Å². The van der Waals surface area contributed by atoms with Crippen LogP contribution in [0.15, 0.2) is 60.0 Å². The van der Waals surface area contributed by atoms with Crippen LogP contribution in [-0.4, -0.2) is 58.7 Å². The molecule has 4 heterocycles. The zero-order valence-corrected chi connectivity index (χ0v) is 18.8. The number of hydrogen-bond acceptors (Lipinski definition) is 7. The van der Waals surface area contributed by atoms with Gasteiger partial charge in [-0.3, -0.25) is 19.8 Å². The Hall–Kier alpha value is -3.63. The number of fused-ring (bicyclic) bond motifs is 1. The van der Waals surface area contributed by atoms with Crippen molar-refractivity contribution in [3.05, 3.63) is 66.2 Å². The van der Waals surface area contributed by atoms with Gasteiger partial charge < -0.3 is 5.32 Å². The van der Waals surface area contributed by atoms with Gasteiger partial charge in [-0.2, -0.15) is 5.10 Å². The minimum Gasteiger partial charge on any atom is -0.319 e. The zero-order chi connectivity index (χ0) is 23.0. The molecular formula is C23H22N6O3S. The molecule has 9 nitrogen and oxygen atoms in total. The summed E-state index contributed by atoms with van der Waals surface area (Å²) in [4.78, 5) is 23.5. The van der Waals surface area contributed by atoms with Crippen LogP contribution >= 0.6 is 0 Å². The quantitative estimate of drug-likeness (QED) is 0.452. The van der Waals surface area contributed by atoms with Crippen molar-refractivity contribution in [1.82, 2.24) is 25.1 Å². The summed E-state index contributed by atoms with van der Waals surface area (Å²) in [6, 6.07) is 10.8. The fourth-order valence-corrected chi connectivity index (χ4v) is 4.32. The molecule has 1 aliphatic heterocycles. The summed E-state index contributed by atoms with van der Waals surface area (Å²) in [6.07, 6.45) is 7.34. The van der Waals surface area contributed by atoms with Crippen LogP contribution < -0.4 is 5.32 Å². The molecule has 5 rings (SSSR count). The van der Waals surface area contributed by atoms with Crippen molar-refractivity contribution in [2.45, 2.75) is 18.0 Å². The van der Waals surface area contributed by atoms with Crippen LogP contribution in [0.1, 0.15) is 22.5 Å². The Bertz CT molecular complexity index is 1440. The minimum absolute atomic E-state index is 0.0553. The maximum Gasteiger partial charge on any atom is 0.276 e. The van der Waals surface area contributed by atoms with Gasteiger partial charge >= 0.3 is 0 Å². The van der Waals surface area contributed by atoms with Gasteiger partial charge in [0.15, 0.2) is 20.6 Å². The van der Waals surface area contributed by atoms with E-state index in [-0.39, 0.29) is 10.7 Å². The van der Waals surface area contributed by atoms with Gasteiger partial charge in [0.2, 0.25) is 0 Å². The highest BCUT2D eigenvalue weighted by Gasteiger charge is 2.17. The van der Waals surface area contributed by atoms with E-state index in [1.807, 2.05) is 30.6 Å². The van der Waals surface area contributed by atoms with Gasteiger partial charge in [-0.1, -0.05) is 6.07 Å². The average molecular weight is 463 g/mol. The van der Waals surface area contributed by atoms with Crippen LogP contribution in [-0.2, 0) is 16.4 Å². The van der Waals surface area contributed by atoms with Gasteiger partial charge in [0, 0.05) is 36.1 Å². The number of nitrogens with one attached hydrogen (secondary N) is 2. The zero-order valence-electron chi connectivity index (χ0n) is 17.9. The molecule has 10 heteroatoms. The Kier molecular flexibility index (Phi) is 5.39. The molecule has 0 saturated carbocycles. The Morgan fingerprint density at radius 1 is 1.09 bits per heavy atom. The van der Waals surface area contributed by atoms with Crippen molar-refractivity contribution in [1.29, 1.82) is 0 Å². The number of rotatable bonds is 6. The highest BCUT2D eigenvalue weighted by Crippen LogP contribution is 2.27. The van der Waals surface area contributed by atoms with Crippen molar-refractivity contribution in [3.63, 3.8) is 0 Å². The summed E-state index contributed by atoms with van der Waals surface area (Å²) >= 11 is 0. The lowest BCUT2D eigenvalue weighted by molar-refractivity contribution is 0.102. The molecule has 1 fully saturated rings. The molecule has 0 unspecified atom stereocenters. The van der Waals surface area contributed by atoms with Crippen LogP contribution in [0.3, 0.4) is 0 Å². The molecule has 1 saturated heterocycles. The Morgan fingerprint density at radius 3 is 2.64 bits per heavy atom. The highest BCUT2D eigenvalue weighted by atomic mass is 32.2. The molecule has 3 aromatic heterocycles. The number of likely N-dealkylation sites (tertiary alicyclic amines) is 1. The van der Waals surface area contributed by atoms with Gasteiger partial charge in [0.25, 0.3) is 5.91 Å². The summed E-state index contributed by atoms with van der Waals surface area (Å²) in [6.45, 7) is 3.13. The van der Waals surface area contributed by atoms with Crippen LogP contribution in [0, 0.1) is 0 Å². The number of anilines is 1. The van der Waals surface area contributed by atoms with Crippen LogP contribution in [0.4, 0.5) is 5.69 Å². The van der Waals surface area contributed by atoms with E-state index in [4.69, 9.17) is 0 Å². The predicted molar refractivity (Wildman–Crippen MR) is 125 cm³/mol. The highest BCUT2D eigenvalue weighted by molar-refractivity contribution is 7.90. The number of benzene rings is 1. The molecule has 0 radical (unpaired) electrons. The topological polar surface area (TPSA) is 121 Å². The Labute approximate surface area is 190 Å². The average Bonchev–Trinajstić information content (AvgIpc) is 3.20. The number of hydrogen-bond donors (Lipinski definition) is 2. The number of sulfone groups is 1. The van der Waals surface area contributed by atoms with Crippen molar-refractivity contribution < 1.29 is 13.2 Å². The van der Waals surface area contributed by atoms with E-state index in [0.717, 1.165) is 48.1 Å². The molecule has 1 aliphatic rings. The normalized spacial score (nSPS) is 14.2. The molecule has 0 aliphatic carbocycles. The summed E-state index contributed by atoms with van der Waals surface area (Å²) in [5.74, 6) is -0.419. The molecule has 4 aromatic rings. The molecule has 1 aromatic carbocycles. The molecule has 168 valence electrons. The number of amides is 1. The van der Waals surface area contributed by atoms with Crippen molar-refractivity contribution >= 4 is 32.3 Å². The van der Waals surface area contributed by atoms with E-state index in [0.29, 0.717) is 11.1 Å². The number of pyridine rings is 2. The molecule has 2 N–H and O–H groups in total. The standard InChI is InChI=1S/C23H22N6O3S/c1-33(31,32)21-6-4-18(13-25-21)26-23(30)22-19-10-16(3-5-20(19)27-28-22)17-9-15(11-24-12-17)14-29-7-2-8-29/h3-6,9-13H,2,7-8,14H2,1H3,(H,26,30)(H,27,28). The number of carbonyl (C=O) groups excluding carboxylic acids is 1. The molecule has 0 bridgehead atoms.